The van der Waals surface area contributed by atoms with E-state index in [4.69, 9.17) is 23.2 Å². The quantitative estimate of drug-likeness (QED) is 0.833. The van der Waals surface area contributed by atoms with E-state index < -0.39 is 0 Å². The number of benzene rings is 1. The zero-order chi connectivity index (χ0) is 14.7. The Balaban J connectivity index is 2.26. The number of halogens is 2. The van der Waals surface area contributed by atoms with Crippen molar-refractivity contribution in [3.63, 3.8) is 0 Å². The van der Waals surface area contributed by atoms with Gasteiger partial charge in [-0.1, -0.05) is 30.1 Å². The van der Waals surface area contributed by atoms with E-state index in [9.17, 15) is 9.90 Å². The van der Waals surface area contributed by atoms with Crippen molar-refractivity contribution in [2.75, 3.05) is 5.32 Å². The Bertz CT molecular complexity index is 638. The lowest BCUT2D eigenvalue weighted by molar-refractivity contribution is 0.101. The van der Waals surface area contributed by atoms with E-state index in [2.05, 4.69) is 5.32 Å². The van der Waals surface area contributed by atoms with Gasteiger partial charge in [0, 0.05) is 17.8 Å². The first-order valence-electron chi connectivity index (χ1n) is 6.17. The average Bonchev–Trinajstić information content (AvgIpc) is 2.84. The van der Waals surface area contributed by atoms with Crippen molar-refractivity contribution >= 4 is 34.8 Å². The fraction of sp³-hybridized carbons (Fsp3) is 0.214. The highest BCUT2D eigenvalue weighted by atomic mass is 35.5. The molecule has 0 atom stereocenters. The van der Waals surface area contributed by atoms with Crippen LogP contribution in [0.4, 0.5) is 5.69 Å². The van der Waals surface area contributed by atoms with E-state index in [1.54, 1.807) is 12.1 Å². The predicted molar refractivity (Wildman–Crippen MR) is 80.8 cm³/mol. The molecule has 4 nitrogen and oxygen atoms in total. The molecule has 106 valence electrons. The van der Waals surface area contributed by atoms with E-state index >= 15 is 0 Å². The molecular weight excluding hydrogens is 299 g/mol. The average molecular weight is 313 g/mol. The minimum absolute atomic E-state index is 0.0942. The Labute approximate surface area is 126 Å². The van der Waals surface area contributed by atoms with Crippen LogP contribution < -0.4 is 5.32 Å². The third kappa shape index (κ3) is 3.08. The van der Waals surface area contributed by atoms with Crippen LogP contribution in [0.1, 0.15) is 23.8 Å². The number of phenolic OH excluding ortho intramolecular Hbond substituents is 1. The first kappa shape index (κ1) is 14.8. The molecule has 0 saturated heterocycles. The van der Waals surface area contributed by atoms with Gasteiger partial charge in [-0.2, -0.15) is 0 Å². The lowest BCUT2D eigenvalue weighted by atomic mass is 10.2. The second-order valence-electron chi connectivity index (χ2n) is 4.32. The number of aryl methyl sites for hydroxylation is 1. The molecule has 0 fully saturated rings. The fourth-order valence-corrected chi connectivity index (χ4v) is 2.40. The third-order valence-electron chi connectivity index (χ3n) is 2.80. The highest BCUT2D eigenvalue weighted by Gasteiger charge is 2.14. The van der Waals surface area contributed by atoms with Gasteiger partial charge in [-0.15, -0.1) is 0 Å². The number of hydrogen-bond donors (Lipinski definition) is 2. The van der Waals surface area contributed by atoms with E-state index in [1.165, 1.54) is 12.1 Å². The van der Waals surface area contributed by atoms with E-state index in [0.29, 0.717) is 10.7 Å². The van der Waals surface area contributed by atoms with Gasteiger partial charge in [0.2, 0.25) is 0 Å². The SMILES string of the molecule is CCCn1cccc1C(=O)Nc1cc(Cl)cc(Cl)c1O. The summed E-state index contributed by atoms with van der Waals surface area (Å²) in [7, 11) is 0. The molecule has 1 aromatic carbocycles. The molecular formula is C14H14Cl2N2O2. The van der Waals surface area contributed by atoms with Gasteiger partial charge in [-0.05, 0) is 30.7 Å². The molecule has 1 heterocycles. The third-order valence-corrected chi connectivity index (χ3v) is 3.31. The summed E-state index contributed by atoms with van der Waals surface area (Å²) in [5, 5.41) is 12.9. The summed E-state index contributed by atoms with van der Waals surface area (Å²) < 4.78 is 1.85. The van der Waals surface area contributed by atoms with Crippen molar-refractivity contribution in [3.8, 4) is 5.75 Å². The Morgan fingerprint density at radius 3 is 2.85 bits per heavy atom. The van der Waals surface area contributed by atoms with Gasteiger partial charge in [0.1, 0.15) is 5.69 Å². The van der Waals surface area contributed by atoms with Crippen LogP contribution in [0, 0.1) is 0 Å². The molecule has 6 heteroatoms. The van der Waals surface area contributed by atoms with Gasteiger partial charge < -0.3 is 15.0 Å². The van der Waals surface area contributed by atoms with Crippen molar-refractivity contribution in [2.24, 2.45) is 0 Å². The van der Waals surface area contributed by atoms with Crippen LogP contribution in [0.5, 0.6) is 5.75 Å². The van der Waals surface area contributed by atoms with E-state index in [0.717, 1.165) is 13.0 Å². The maximum atomic E-state index is 12.2. The first-order chi connectivity index (χ1) is 9.52. The van der Waals surface area contributed by atoms with Gasteiger partial charge in [0.15, 0.2) is 5.75 Å². The van der Waals surface area contributed by atoms with Crippen molar-refractivity contribution in [1.29, 1.82) is 0 Å². The molecule has 0 aliphatic rings. The number of aromatic nitrogens is 1. The van der Waals surface area contributed by atoms with Crippen molar-refractivity contribution in [3.05, 3.63) is 46.2 Å². The molecule has 0 saturated carbocycles. The molecule has 2 N–H and O–H groups in total. The molecule has 1 aromatic heterocycles. The monoisotopic (exact) mass is 312 g/mol. The molecule has 0 radical (unpaired) electrons. The number of nitrogens with zero attached hydrogens (tertiary/aromatic N) is 1. The van der Waals surface area contributed by atoms with Crippen molar-refractivity contribution in [1.82, 2.24) is 4.57 Å². The maximum absolute atomic E-state index is 12.2. The zero-order valence-corrected chi connectivity index (χ0v) is 12.4. The van der Waals surface area contributed by atoms with E-state index in [-0.39, 0.29) is 22.4 Å². The number of carbonyl (C=O) groups excluding carboxylic acids is 1. The second-order valence-corrected chi connectivity index (χ2v) is 5.17. The lowest BCUT2D eigenvalue weighted by Crippen LogP contribution is -2.16. The normalized spacial score (nSPS) is 10.6. The lowest BCUT2D eigenvalue weighted by Gasteiger charge is -2.11. The number of nitrogens with one attached hydrogen (secondary N) is 1. The number of amides is 1. The molecule has 1 amide bonds. The summed E-state index contributed by atoms with van der Waals surface area (Å²) in [6.45, 7) is 2.78. The summed E-state index contributed by atoms with van der Waals surface area (Å²) in [4.78, 5) is 12.2. The number of carbonyl (C=O) groups is 1. The second kappa shape index (κ2) is 6.20. The summed E-state index contributed by atoms with van der Waals surface area (Å²) >= 11 is 11.7. The predicted octanol–water partition coefficient (Wildman–Crippen LogP) is 4.16. The van der Waals surface area contributed by atoms with Crippen molar-refractivity contribution < 1.29 is 9.90 Å². The Morgan fingerprint density at radius 2 is 2.15 bits per heavy atom. The number of anilines is 1. The number of phenols is 1. The van der Waals surface area contributed by atoms with Gasteiger partial charge in [-0.3, -0.25) is 4.79 Å². The molecule has 20 heavy (non-hydrogen) atoms. The summed E-state index contributed by atoms with van der Waals surface area (Å²) in [6, 6.07) is 6.38. The van der Waals surface area contributed by atoms with Crippen LogP contribution in [0.15, 0.2) is 30.5 Å². The summed E-state index contributed by atoms with van der Waals surface area (Å²) in [5.41, 5.74) is 0.707. The van der Waals surface area contributed by atoms with Gasteiger partial charge in [-0.25, -0.2) is 0 Å². The van der Waals surface area contributed by atoms with Crippen LogP contribution in [0.2, 0.25) is 10.0 Å². The van der Waals surface area contributed by atoms with Crippen LogP contribution >= 0.6 is 23.2 Å². The molecule has 0 bridgehead atoms. The molecule has 0 spiro atoms. The zero-order valence-electron chi connectivity index (χ0n) is 10.9. The Hall–Kier alpha value is -1.65. The largest absolute Gasteiger partial charge is 0.504 e. The minimum atomic E-state index is -0.322. The molecule has 0 aliphatic carbocycles. The number of rotatable bonds is 4. The minimum Gasteiger partial charge on any atom is -0.504 e. The van der Waals surface area contributed by atoms with Gasteiger partial charge >= 0.3 is 0 Å². The fourth-order valence-electron chi connectivity index (χ4n) is 1.90. The molecule has 0 aliphatic heterocycles. The highest BCUT2D eigenvalue weighted by molar-refractivity contribution is 6.36. The van der Waals surface area contributed by atoms with Gasteiger partial charge in [0.25, 0.3) is 5.91 Å². The smallest absolute Gasteiger partial charge is 0.272 e. The summed E-state index contributed by atoms with van der Waals surface area (Å²) in [5.74, 6) is -0.518. The van der Waals surface area contributed by atoms with E-state index in [1.807, 2.05) is 17.7 Å². The Kier molecular flexibility index (Phi) is 4.57. The topological polar surface area (TPSA) is 54.3 Å². The molecule has 0 unspecified atom stereocenters. The summed E-state index contributed by atoms with van der Waals surface area (Å²) in [6.07, 6.45) is 2.76. The molecule has 2 aromatic rings. The number of hydrogen-bond acceptors (Lipinski definition) is 2. The standard InChI is InChI=1S/C14H14Cl2N2O2/c1-2-5-18-6-3-4-12(18)14(20)17-11-8-9(15)7-10(16)13(11)19/h3-4,6-8,19H,2,5H2,1H3,(H,17,20). The van der Waals surface area contributed by atoms with Crippen LogP contribution in [0.25, 0.3) is 0 Å². The van der Waals surface area contributed by atoms with Crippen molar-refractivity contribution in [2.45, 2.75) is 19.9 Å². The first-order valence-corrected chi connectivity index (χ1v) is 6.93. The van der Waals surface area contributed by atoms with Crippen LogP contribution in [0.3, 0.4) is 0 Å². The maximum Gasteiger partial charge on any atom is 0.272 e. The highest BCUT2D eigenvalue weighted by Crippen LogP contribution is 2.35. The van der Waals surface area contributed by atoms with Gasteiger partial charge in [0.05, 0.1) is 10.7 Å². The number of aromatic hydroxyl groups is 1. The Morgan fingerprint density at radius 1 is 1.40 bits per heavy atom. The van der Waals surface area contributed by atoms with Crippen LogP contribution in [-0.4, -0.2) is 15.6 Å². The molecule has 2 rings (SSSR count). The van der Waals surface area contributed by atoms with Crippen LogP contribution in [-0.2, 0) is 6.54 Å².